The topological polar surface area (TPSA) is 37.8 Å². The molecular formula is C14H15ClFN3. The number of rotatable bonds is 4. The summed E-state index contributed by atoms with van der Waals surface area (Å²) in [5.74, 6) is -0.383. The van der Waals surface area contributed by atoms with Crippen molar-refractivity contribution < 1.29 is 4.39 Å². The molecule has 5 heteroatoms. The molecule has 0 spiro atoms. The highest BCUT2D eigenvalue weighted by Crippen LogP contribution is 2.20. The Labute approximate surface area is 116 Å². The minimum atomic E-state index is -0.509. The first kappa shape index (κ1) is 13.7. The molecule has 0 saturated heterocycles. The monoisotopic (exact) mass is 279 g/mol. The smallest absolute Gasteiger partial charge is 0.224 e. The van der Waals surface area contributed by atoms with E-state index in [0.717, 1.165) is 12.6 Å². The highest BCUT2D eigenvalue weighted by molar-refractivity contribution is 6.28. The summed E-state index contributed by atoms with van der Waals surface area (Å²) < 4.78 is 13.6. The largest absolute Gasteiger partial charge is 0.362 e. The van der Waals surface area contributed by atoms with Crippen molar-refractivity contribution in [2.24, 2.45) is 0 Å². The van der Waals surface area contributed by atoms with Crippen molar-refractivity contribution in [1.29, 1.82) is 0 Å². The number of benzene rings is 1. The van der Waals surface area contributed by atoms with E-state index in [0.29, 0.717) is 0 Å². The zero-order chi connectivity index (χ0) is 13.9. The van der Waals surface area contributed by atoms with E-state index in [-0.39, 0.29) is 16.6 Å². The minimum Gasteiger partial charge on any atom is -0.362 e. The molecule has 19 heavy (non-hydrogen) atoms. The zero-order valence-corrected chi connectivity index (χ0v) is 11.6. The summed E-state index contributed by atoms with van der Waals surface area (Å²) in [6, 6.07) is 9.99. The van der Waals surface area contributed by atoms with E-state index in [1.165, 1.54) is 5.56 Å². The average molecular weight is 280 g/mol. The maximum absolute atomic E-state index is 13.6. The van der Waals surface area contributed by atoms with Crippen LogP contribution in [0, 0.1) is 5.82 Å². The number of aromatic nitrogens is 2. The fourth-order valence-electron chi connectivity index (χ4n) is 1.90. The van der Waals surface area contributed by atoms with E-state index < -0.39 is 5.82 Å². The fourth-order valence-corrected chi connectivity index (χ4v) is 2.04. The van der Waals surface area contributed by atoms with Gasteiger partial charge in [-0.2, -0.15) is 4.98 Å². The molecular weight excluding hydrogens is 265 g/mol. The molecule has 3 nitrogen and oxygen atoms in total. The lowest BCUT2D eigenvalue weighted by Gasteiger charge is -2.27. The van der Waals surface area contributed by atoms with Crippen molar-refractivity contribution in [2.45, 2.75) is 25.8 Å². The van der Waals surface area contributed by atoms with Crippen LogP contribution in [-0.4, -0.2) is 15.5 Å². The van der Waals surface area contributed by atoms with Gasteiger partial charge in [0, 0.05) is 5.54 Å². The Morgan fingerprint density at radius 1 is 1.26 bits per heavy atom. The van der Waals surface area contributed by atoms with Crippen molar-refractivity contribution in [3.05, 3.63) is 53.2 Å². The Hall–Kier alpha value is -1.68. The Bertz CT molecular complexity index is 558. The van der Waals surface area contributed by atoms with Gasteiger partial charge < -0.3 is 5.32 Å². The Kier molecular flexibility index (Phi) is 4.00. The Balaban J connectivity index is 2.14. The summed E-state index contributed by atoms with van der Waals surface area (Å²) in [5, 5.41) is 3.09. The molecule has 0 amide bonds. The van der Waals surface area contributed by atoms with Crippen molar-refractivity contribution >= 4 is 17.4 Å². The van der Waals surface area contributed by atoms with E-state index in [1.807, 2.05) is 44.2 Å². The van der Waals surface area contributed by atoms with Crippen LogP contribution in [0.3, 0.4) is 0 Å². The molecule has 0 unspecified atom stereocenters. The highest BCUT2D eigenvalue weighted by atomic mass is 35.5. The van der Waals surface area contributed by atoms with Gasteiger partial charge in [0.25, 0.3) is 0 Å². The van der Waals surface area contributed by atoms with Crippen molar-refractivity contribution in [3.8, 4) is 0 Å². The summed E-state index contributed by atoms with van der Waals surface area (Å²) in [5.41, 5.74) is 0.820. The molecule has 0 saturated carbocycles. The third-order valence-electron chi connectivity index (χ3n) is 2.66. The summed E-state index contributed by atoms with van der Waals surface area (Å²) >= 11 is 5.68. The van der Waals surface area contributed by atoms with Crippen molar-refractivity contribution in [2.75, 3.05) is 5.32 Å². The van der Waals surface area contributed by atoms with Gasteiger partial charge in [0.2, 0.25) is 5.28 Å². The van der Waals surface area contributed by atoms with E-state index in [1.54, 1.807) is 0 Å². The van der Waals surface area contributed by atoms with E-state index in [2.05, 4.69) is 15.3 Å². The van der Waals surface area contributed by atoms with Crippen LogP contribution in [0.5, 0.6) is 0 Å². The van der Waals surface area contributed by atoms with Gasteiger partial charge in [-0.3, -0.25) is 0 Å². The van der Waals surface area contributed by atoms with Crippen LogP contribution in [0.25, 0.3) is 0 Å². The van der Waals surface area contributed by atoms with E-state index >= 15 is 0 Å². The molecule has 2 aromatic rings. The molecule has 1 N–H and O–H groups in total. The van der Waals surface area contributed by atoms with Gasteiger partial charge in [-0.1, -0.05) is 30.3 Å². The van der Waals surface area contributed by atoms with Crippen LogP contribution >= 0.6 is 11.6 Å². The van der Waals surface area contributed by atoms with Gasteiger partial charge in [-0.15, -0.1) is 0 Å². The summed E-state index contributed by atoms with van der Waals surface area (Å²) in [6.07, 6.45) is 1.81. The van der Waals surface area contributed by atoms with Crippen LogP contribution < -0.4 is 5.32 Å². The molecule has 0 bridgehead atoms. The normalized spacial score (nSPS) is 11.4. The second kappa shape index (κ2) is 5.53. The lowest BCUT2D eigenvalue weighted by atomic mass is 9.95. The predicted octanol–water partition coefficient (Wildman–Crippen LogP) is 3.70. The quantitative estimate of drug-likeness (QED) is 0.867. The van der Waals surface area contributed by atoms with Gasteiger partial charge in [0.1, 0.15) is 0 Å². The number of nitrogens with zero attached hydrogens (tertiary/aromatic N) is 2. The first-order valence-electron chi connectivity index (χ1n) is 5.96. The van der Waals surface area contributed by atoms with Crippen LogP contribution in [0.2, 0.25) is 5.28 Å². The third-order valence-corrected chi connectivity index (χ3v) is 2.84. The van der Waals surface area contributed by atoms with Gasteiger partial charge >= 0.3 is 0 Å². The van der Waals surface area contributed by atoms with Gasteiger partial charge in [0.15, 0.2) is 11.6 Å². The van der Waals surface area contributed by atoms with Crippen LogP contribution in [-0.2, 0) is 6.42 Å². The number of hydrogen-bond donors (Lipinski definition) is 1. The van der Waals surface area contributed by atoms with Crippen LogP contribution in [0.4, 0.5) is 10.2 Å². The van der Waals surface area contributed by atoms with Crippen molar-refractivity contribution in [3.63, 3.8) is 0 Å². The fraction of sp³-hybridized carbons (Fsp3) is 0.286. The van der Waals surface area contributed by atoms with E-state index in [9.17, 15) is 4.39 Å². The average Bonchev–Trinajstić information content (AvgIpc) is 2.34. The summed E-state index contributed by atoms with van der Waals surface area (Å²) in [4.78, 5) is 7.46. The van der Waals surface area contributed by atoms with Gasteiger partial charge in [0.05, 0.1) is 6.20 Å². The summed E-state index contributed by atoms with van der Waals surface area (Å²) in [6.45, 7) is 3.96. The minimum absolute atomic E-state index is 0.0272. The predicted molar refractivity (Wildman–Crippen MR) is 74.8 cm³/mol. The molecule has 0 aliphatic carbocycles. The first-order chi connectivity index (χ1) is 8.96. The SMILES string of the molecule is CC(C)(Cc1ccccc1)Nc1nc(Cl)ncc1F. The molecule has 1 aromatic carbocycles. The molecule has 0 atom stereocenters. The molecule has 0 radical (unpaired) electrons. The lowest BCUT2D eigenvalue weighted by Crippen LogP contribution is -2.34. The molecule has 1 heterocycles. The number of halogens is 2. The molecule has 0 fully saturated rings. The maximum atomic E-state index is 13.6. The van der Waals surface area contributed by atoms with Crippen LogP contribution in [0.15, 0.2) is 36.5 Å². The standard InChI is InChI=1S/C14H15ClFN3/c1-14(2,8-10-6-4-3-5-7-10)19-12-11(16)9-17-13(15)18-12/h3-7,9H,8H2,1-2H3,(H,17,18,19). The lowest BCUT2D eigenvalue weighted by molar-refractivity contribution is 0.545. The summed E-state index contributed by atoms with van der Waals surface area (Å²) in [7, 11) is 0. The Morgan fingerprint density at radius 2 is 1.95 bits per heavy atom. The van der Waals surface area contributed by atoms with Crippen molar-refractivity contribution in [1.82, 2.24) is 9.97 Å². The highest BCUT2D eigenvalue weighted by Gasteiger charge is 2.20. The third kappa shape index (κ3) is 3.89. The van der Waals surface area contributed by atoms with Crippen LogP contribution in [0.1, 0.15) is 19.4 Å². The second-order valence-corrected chi connectivity index (χ2v) is 5.34. The number of nitrogens with one attached hydrogen (secondary N) is 1. The second-order valence-electron chi connectivity index (χ2n) is 5.01. The number of hydrogen-bond acceptors (Lipinski definition) is 3. The van der Waals surface area contributed by atoms with Gasteiger partial charge in [-0.25, -0.2) is 9.37 Å². The molecule has 0 aliphatic rings. The Morgan fingerprint density at radius 3 is 2.63 bits per heavy atom. The molecule has 0 aliphatic heterocycles. The molecule has 1 aromatic heterocycles. The maximum Gasteiger partial charge on any atom is 0.224 e. The zero-order valence-electron chi connectivity index (χ0n) is 10.8. The number of anilines is 1. The van der Waals surface area contributed by atoms with Gasteiger partial charge in [-0.05, 0) is 37.4 Å². The molecule has 100 valence electrons. The van der Waals surface area contributed by atoms with E-state index in [4.69, 9.17) is 11.6 Å². The first-order valence-corrected chi connectivity index (χ1v) is 6.34. The molecule has 2 rings (SSSR count).